The maximum atomic E-state index is 13.1. The number of likely N-dealkylation sites (N-methyl/N-ethyl adjacent to an activating group) is 1. The Morgan fingerprint density at radius 2 is 1.58 bits per heavy atom. The molecule has 1 fully saturated rings. The number of aliphatic hydroxyl groups is 1. The van der Waals surface area contributed by atoms with E-state index in [0.29, 0.717) is 29.1 Å². The number of urea groups is 1. The Morgan fingerprint density at radius 3 is 2.05 bits per heavy atom. The summed E-state index contributed by atoms with van der Waals surface area (Å²) in [5, 5.41) is 18.3. The van der Waals surface area contributed by atoms with Gasteiger partial charge in [0.25, 0.3) is 5.91 Å². The molecule has 0 radical (unpaired) electrons. The molecule has 2 aromatic rings. The van der Waals surface area contributed by atoms with Gasteiger partial charge in [0.1, 0.15) is 0 Å². The number of amides is 3. The monoisotopic (exact) mass is 639 g/mol. The Morgan fingerprint density at radius 1 is 1.02 bits per heavy atom. The molecule has 0 bridgehead atoms. The third-order valence-corrected chi connectivity index (χ3v) is 7.12. The number of carboxylic acids is 1. The molecule has 43 heavy (non-hydrogen) atoms. The molecule has 1 saturated heterocycles. The lowest BCUT2D eigenvalue weighted by atomic mass is 9.99. The fourth-order valence-corrected chi connectivity index (χ4v) is 4.75. The first kappa shape index (κ1) is 35.7. The van der Waals surface area contributed by atoms with Gasteiger partial charge in [-0.1, -0.05) is 23.7 Å². The summed E-state index contributed by atoms with van der Waals surface area (Å²) >= 11 is 5.79. The van der Waals surface area contributed by atoms with E-state index in [9.17, 15) is 40.7 Å². The fraction of sp³-hybridized carbons (Fsp3) is 0.464. The molecule has 3 amide bonds. The lowest BCUT2D eigenvalue weighted by Crippen LogP contribution is -2.46. The van der Waals surface area contributed by atoms with Gasteiger partial charge in [0, 0.05) is 42.9 Å². The molecule has 2 atom stereocenters. The number of benzene rings is 2. The zero-order valence-electron chi connectivity index (χ0n) is 23.1. The largest absolute Gasteiger partial charge is 0.481 e. The van der Waals surface area contributed by atoms with E-state index in [-0.39, 0.29) is 31.2 Å². The van der Waals surface area contributed by atoms with Crippen LogP contribution in [-0.2, 0) is 23.6 Å². The van der Waals surface area contributed by atoms with E-state index in [0.717, 1.165) is 37.8 Å². The Kier molecular flexibility index (Phi) is 12.7. The Hall–Kier alpha value is -3.52. The van der Waals surface area contributed by atoms with Crippen molar-refractivity contribution in [3.8, 4) is 0 Å². The van der Waals surface area contributed by atoms with Crippen molar-refractivity contribution >= 4 is 29.5 Å². The van der Waals surface area contributed by atoms with E-state index in [1.54, 1.807) is 17.0 Å². The fourth-order valence-electron chi connectivity index (χ4n) is 4.63. The minimum atomic E-state index is -5.11. The third-order valence-electron chi connectivity index (χ3n) is 6.87. The highest BCUT2D eigenvalue weighted by Crippen LogP contribution is 2.36. The smallest absolute Gasteiger partial charge is 0.416 e. The lowest BCUT2D eigenvalue weighted by molar-refractivity contribution is -0.143. The number of nitrogens with zero attached hydrogens (tertiary/aromatic N) is 2. The average molecular weight is 640 g/mol. The molecule has 8 nitrogen and oxygen atoms in total. The molecule has 15 heteroatoms. The number of halogens is 7. The average Bonchev–Trinajstić information content (AvgIpc) is 2.92. The number of aliphatic carboxylic acids is 1. The van der Waals surface area contributed by atoms with Crippen molar-refractivity contribution in [1.82, 2.24) is 9.80 Å². The van der Waals surface area contributed by atoms with E-state index in [2.05, 4.69) is 0 Å². The molecule has 0 saturated carbocycles. The molecule has 2 aromatic carbocycles. The first-order valence-electron chi connectivity index (χ1n) is 13.1. The second-order valence-corrected chi connectivity index (χ2v) is 10.4. The Balaban J connectivity index is 0.000000448. The maximum absolute atomic E-state index is 13.1. The van der Waals surface area contributed by atoms with Crippen LogP contribution in [0.15, 0.2) is 42.5 Å². The van der Waals surface area contributed by atoms with E-state index >= 15 is 0 Å². The predicted molar refractivity (Wildman–Crippen MR) is 145 cm³/mol. The van der Waals surface area contributed by atoms with Crippen molar-refractivity contribution in [2.75, 3.05) is 20.2 Å². The van der Waals surface area contributed by atoms with Crippen LogP contribution in [0.4, 0.5) is 31.1 Å². The number of hydrogen-bond acceptors (Lipinski definition) is 4. The van der Waals surface area contributed by atoms with Gasteiger partial charge in [0.15, 0.2) is 0 Å². The molecule has 1 heterocycles. The number of piperidine rings is 1. The highest BCUT2D eigenvalue weighted by molar-refractivity contribution is 6.30. The maximum Gasteiger partial charge on any atom is 0.416 e. The Bertz CT molecular complexity index is 1220. The van der Waals surface area contributed by atoms with Gasteiger partial charge in [0.2, 0.25) is 0 Å². The summed E-state index contributed by atoms with van der Waals surface area (Å²) in [5.74, 6) is -2.46. The second-order valence-electron chi connectivity index (χ2n) is 9.99. The van der Waals surface area contributed by atoms with Gasteiger partial charge in [-0.05, 0) is 68.0 Å². The number of alkyl halides is 6. The molecular formula is C28H32ClF6N3O5. The second kappa shape index (κ2) is 15.3. The van der Waals surface area contributed by atoms with Gasteiger partial charge in [-0.2, -0.15) is 26.3 Å². The van der Waals surface area contributed by atoms with Crippen molar-refractivity contribution in [2.24, 2.45) is 5.73 Å². The minimum absolute atomic E-state index is 0.00318. The Labute approximate surface area is 249 Å². The summed E-state index contributed by atoms with van der Waals surface area (Å²) in [6, 6.07) is 5.52. The van der Waals surface area contributed by atoms with Crippen LogP contribution in [-0.4, -0.2) is 70.2 Å². The van der Waals surface area contributed by atoms with E-state index in [1.165, 1.54) is 12.1 Å². The highest BCUT2D eigenvalue weighted by Gasteiger charge is 2.38. The van der Waals surface area contributed by atoms with Crippen LogP contribution >= 0.6 is 11.6 Å². The van der Waals surface area contributed by atoms with Gasteiger partial charge >= 0.3 is 24.4 Å². The molecular weight excluding hydrogens is 608 g/mol. The van der Waals surface area contributed by atoms with Crippen molar-refractivity contribution in [1.29, 1.82) is 0 Å². The number of carbonyl (C=O) groups is 3. The molecule has 4 N–H and O–H groups in total. The summed E-state index contributed by atoms with van der Waals surface area (Å²) in [6.45, 7) is 0.883. The molecule has 2 unspecified atom stereocenters. The highest BCUT2D eigenvalue weighted by atomic mass is 35.5. The number of primary amides is 1. The van der Waals surface area contributed by atoms with Gasteiger partial charge < -0.3 is 25.7 Å². The van der Waals surface area contributed by atoms with Crippen molar-refractivity contribution in [3.05, 3.63) is 69.7 Å². The van der Waals surface area contributed by atoms with Gasteiger partial charge in [-0.15, -0.1) is 0 Å². The van der Waals surface area contributed by atoms with Crippen LogP contribution in [0.2, 0.25) is 5.02 Å². The van der Waals surface area contributed by atoms with E-state index in [1.807, 2.05) is 0 Å². The summed E-state index contributed by atoms with van der Waals surface area (Å²) in [6.07, 6.45) is -7.00. The SMILES string of the molecule is CN(C(=O)c1cc(C(F)(F)F)cc(C(F)(F)F)c1)C(CC(=O)O)Cc1ccc(Cl)cc1.NC(=O)N1CCCCC1CCO. The van der Waals surface area contributed by atoms with Crippen LogP contribution in [0.3, 0.4) is 0 Å². The van der Waals surface area contributed by atoms with Crippen LogP contribution in [0.1, 0.15) is 59.2 Å². The molecule has 238 valence electrons. The van der Waals surface area contributed by atoms with Crippen molar-refractivity contribution in [3.63, 3.8) is 0 Å². The predicted octanol–water partition coefficient (Wildman–Crippen LogP) is 5.84. The molecule has 1 aliphatic rings. The lowest BCUT2D eigenvalue weighted by Gasteiger charge is -2.34. The van der Waals surface area contributed by atoms with Gasteiger partial charge in [0.05, 0.1) is 17.5 Å². The zero-order valence-corrected chi connectivity index (χ0v) is 23.8. The van der Waals surface area contributed by atoms with Crippen LogP contribution in [0, 0.1) is 0 Å². The van der Waals surface area contributed by atoms with Crippen molar-refractivity contribution < 1.29 is 50.9 Å². The molecule has 0 spiro atoms. The molecule has 0 aromatic heterocycles. The van der Waals surface area contributed by atoms with Gasteiger partial charge in [-0.25, -0.2) is 4.79 Å². The van der Waals surface area contributed by atoms with Crippen LogP contribution in [0.5, 0.6) is 0 Å². The van der Waals surface area contributed by atoms with Gasteiger partial charge in [-0.3, -0.25) is 9.59 Å². The zero-order chi connectivity index (χ0) is 32.5. The number of hydrogen-bond donors (Lipinski definition) is 3. The summed E-state index contributed by atoms with van der Waals surface area (Å²) in [7, 11) is 1.12. The normalized spacial score (nSPS) is 16.1. The molecule has 0 aliphatic carbocycles. The topological polar surface area (TPSA) is 124 Å². The standard InChI is InChI=1S/C20H16ClF6NO3.C8H16N2O2/c1-28(16(10-17(29)30)6-11-2-4-15(21)5-3-11)18(31)12-7-13(19(22,23)24)9-14(8-12)20(25,26)27;9-8(12)10-5-2-1-3-7(10)4-6-11/h2-5,7-9,16H,6,10H2,1H3,(H,29,30);7,11H,1-6H2,(H2,9,12). The minimum Gasteiger partial charge on any atom is -0.481 e. The summed E-state index contributed by atoms with van der Waals surface area (Å²) in [5.41, 5.74) is 1.66. The third kappa shape index (κ3) is 10.9. The summed E-state index contributed by atoms with van der Waals surface area (Å²) in [4.78, 5) is 37.4. The van der Waals surface area contributed by atoms with Crippen molar-refractivity contribution in [2.45, 2.75) is 63.0 Å². The quantitative estimate of drug-likeness (QED) is 0.313. The van der Waals surface area contributed by atoms with Crippen LogP contribution < -0.4 is 5.73 Å². The molecule has 1 aliphatic heterocycles. The van der Waals surface area contributed by atoms with Crippen LogP contribution in [0.25, 0.3) is 0 Å². The van der Waals surface area contributed by atoms with E-state index < -0.39 is 53.4 Å². The first-order valence-corrected chi connectivity index (χ1v) is 13.5. The molecule has 3 rings (SSSR count). The number of likely N-dealkylation sites (tertiary alicyclic amines) is 1. The summed E-state index contributed by atoms with van der Waals surface area (Å²) < 4.78 is 78.4. The number of nitrogens with two attached hydrogens (primary N) is 1. The first-order chi connectivity index (χ1) is 19.9. The number of rotatable bonds is 8. The number of carbonyl (C=O) groups excluding carboxylic acids is 2. The number of aliphatic hydroxyl groups excluding tert-OH is 1. The number of carboxylic acid groups (broad SMARTS) is 1. The van der Waals surface area contributed by atoms with E-state index in [4.69, 9.17) is 27.5 Å².